The number of hydrogen-bond acceptors (Lipinski definition) is 14. The maximum Gasteiger partial charge on any atom is 0.335 e. The van der Waals surface area contributed by atoms with Gasteiger partial charge in [0.15, 0.2) is 11.5 Å². The van der Waals surface area contributed by atoms with E-state index in [2.05, 4.69) is 0 Å². The Bertz CT molecular complexity index is 801. The van der Waals surface area contributed by atoms with Crippen molar-refractivity contribution in [2.45, 2.75) is 61.4 Å². The fraction of sp³-hybridized carbons (Fsp3) is 0.632. The first kappa shape index (κ1) is 26.3. The molecule has 1 aromatic carbocycles. The molecular weight excluding hydrogens is 468 g/mol. The van der Waals surface area contributed by atoms with E-state index in [1.807, 2.05) is 0 Å². The quantitative estimate of drug-likeness (QED) is 0.171. The summed E-state index contributed by atoms with van der Waals surface area (Å²) in [7, 11) is 0. The van der Waals surface area contributed by atoms with E-state index in [1.165, 1.54) is 0 Å². The minimum atomic E-state index is -1.87. The molecule has 15 nitrogen and oxygen atoms in total. The fourth-order valence-corrected chi connectivity index (χ4v) is 3.47. The number of aliphatic hydroxyl groups is 8. The van der Waals surface area contributed by atoms with Crippen molar-refractivity contribution in [3.8, 4) is 17.2 Å². The zero-order valence-electron chi connectivity index (χ0n) is 17.4. The highest BCUT2D eigenvalue weighted by Crippen LogP contribution is 2.40. The summed E-state index contributed by atoms with van der Waals surface area (Å²) in [6.07, 6.45) is -17.0. The van der Waals surface area contributed by atoms with Crippen LogP contribution in [0.4, 0.5) is 0 Å². The molecule has 192 valence electrons. The summed E-state index contributed by atoms with van der Waals surface area (Å²) >= 11 is 0. The van der Waals surface area contributed by atoms with Crippen LogP contribution in [-0.4, -0.2) is 132 Å². The molecule has 0 saturated carbocycles. The van der Waals surface area contributed by atoms with Gasteiger partial charge in [-0.1, -0.05) is 0 Å². The third-order valence-corrected chi connectivity index (χ3v) is 5.47. The van der Waals surface area contributed by atoms with Crippen molar-refractivity contribution >= 4 is 5.97 Å². The van der Waals surface area contributed by atoms with Gasteiger partial charge in [0.25, 0.3) is 0 Å². The van der Waals surface area contributed by atoms with Gasteiger partial charge < -0.3 is 70.0 Å². The second-order valence-electron chi connectivity index (χ2n) is 7.76. The third-order valence-electron chi connectivity index (χ3n) is 5.47. The molecule has 2 unspecified atom stereocenters. The minimum absolute atomic E-state index is 0.517. The minimum Gasteiger partial charge on any atom is -0.502 e. The van der Waals surface area contributed by atoms with Crippen LogP contribution < -0.4 is 9.47 Å². The van der Waals surface area contributed by atoms with Gasteiger partial charge in [0.2, 0.25) is 18.3 Å². The number of aromatic carboxylic acids is 1. The number of rotatable bonds is 7. The van der Waals surface area contributed by atoms with Crippen molar-refractivity contribution < 1.29 is 74.8 Å². The molecule has 0 amide bonds. The lowest BCUT2D eigenvalue weighted by molar-refractivity contribution is -0.279. The van der Waals surface area contributed by atoms with Crippen molar-refractivity contribution in [2.24, 2.45) is 0 Å². The van der Waals surface area contributed by atoms with Gasteiger partial charge in [-0.05, 0) is 12.1 Å². The van der Waals surface area contributed by atoms with Gasteiger partial charge in [0.05, 0.1) is 18.8 Å². The predicted molar refractivity (Wildman–Crippen MR) is 104 cm³/mol. The van der Waals surface area contributed by atoms with Crippen LogP contribution in [0.2, 0.25) is 0 Å². The normalized spacial score (nSPS) is 38.4. The topological polar surface area (TPSA) is 256 Å². The second kappa shape index (κ2) is 10.5. The largest absolute Gasteiger partial charge is 0.502 e. The summed E-state index contributed by atoms with van der Waals surface area (Å²) in [5, 5.41) is 98.3. The van der Waals surface area contributed by atoms with Crippen molar-refractivity contribution in [1.29, 1.82) is 0 Å². The molecular formula is C19H26O15. The monoisotopic (exact) mass is 494 g/mol. The summed E-state index contributed by atoms with van der Waals surface area (Å²) < 4.78 is 20.9. The van der Waals surface area contributed by atoms with E-state index < -0.39 is 103 Å². The van der Waals surface area contributed by atoms with E-state index in [1.54, 1.807) is 0 Å². The maximum atomic E-state index is 11.6. The summed E-state index contributed by atoms with van der Waals surface area (Å²) in [5.74, 6) is -3.66. The first-order valence-electron chi connectivity index (χ1n) is 10.0. The van der Waals surface area contributed by atoms with Gasteiger partial charge in [-0.2, -0.15) is 0 Å². The summed E-state index contributed by atoms with van der Waals surface area (Å²) in [5.41, 5.74) is -0.517. The SMILES string of the molecule is O=C(O)c1cc(OC2O[C@H](CO)[C@@H](O)[C@H](O)[C@H]2O)c(O)c(OC2O[C@H](CO)[C@@H](O)[C@H](O)[C@H]2O)c1. The Balaban J connectivity index is 1.90. The number of benzene rings is 1. The maximum absolute atomic E-state index is 11.6. The Morgan fingerprint density at radius 3 is 1.44 bits per heavy atom. The van der Waals surface area contributed by atoms with Crippen LogP contribution in [-0.2, 0) is 9.47 Å². The van der Waals surface area contributed by atoms with Crippen molar-refractivity contribution in [3.05, 3.63) is 17.7 Å². The summed E-state index contributed by atoms with van der Waals surface area (Å²) in [4.78, 5) is 11.6. The molecule has 0 bridgehead atoms. The van der Waals surface area contributed by atoms with Crippen LogP contribution in [0, 0.1) is 0 Å². The van der Waals surface area contributed by atoms with Crippen LogP contribution in [0.1, 0.15) is 10.4 Å². The van der Waals surface area contributed by atoms with Crippen molar-refractivity contribution in [2.75, 3.05) is 13.2 Å². The first-order valence-corrected chi connectivity index (χ1v) is 10.0. The number of carboxylic acid groups (broad SMARTS) is 1. The number of ether oxygens (including phenoxy) is 4. The summed E-state index contributed by atoms with van der Waals surface area (Å²) in [6.45, 7) is -1.53. The van der Waals surface area contributed by atoms with Gasteiger partial charge in [-0.25, -0.2) is 4.79 Å². The lowest BCUT2D eigenvalue weighted by Gasteiger charge is -2.40. The number of hydrogen-bond donors (Lipinski definition) is 10. The van der Waals surface area contributed by atoms with Gasteiger partial charge in [-0.15, -0.1) is 0 Å². The lowest BCUT2D eigenvalue weighted by Crippen LogP contribution is -2.60. The highest BCUT2D eigenvalue weighted by atomic mass is 16.7. The van der Waals surface area contributed by atoms with Crippen LogP contribution in [0.15, 0.2) is 12.1 Å². The van der Waals surface area contributed by atoms with Crippen LogP contribution >= 0.6 is 0 Å². The van der Waals surface area contributed by atoms with E-state index in [0.29, 0.717) is 0 Å². The molecule has 1 aromatic rings. The average molecular weight is 494 g/mol. The number of carbonyl (C=O) groups is 1. The Kier molecular flexibility index (Phi) is 8.14. The molecule has 2 saturated heterocycles. The molecule has 0 aliphatic carbocycles. The number of aromatic hydroxyl groups is 1. The number of aliphatic hydroxyl groups excluding tert-OH is 8. The van der Waals surface area contributed by atoms with Gasteiger partial charge >= 0.3 is 5.97 Å². The van der Waals surface area contributed by atoms with Crippen LogP contribution in [0.5, 0.6) is 17.2 Å². The molecule has 15 heteroatoms. The highest BCUT2D eigenvalue weighted by molar-refractivity contribution is 5.89. The van der Waals surface area contributed by atoms with E-state index in [-0.39, 0.29) is 0 Å². The molecule has 3 rings (SSSR count). The molecule has 2 aliphatic heterocycles. The molecule has 0 spiro atoms. The molecule has 0 aromatic heterocycles. The molecule has 10 atom stereocenters. The molecule has 34 heavy (non-hydrogen) atoms. The molecule has 2 fully saturated rings. The Morgan fingerprint density at radius 1 is 0.735 bits per heavy atom. The lowest BCUT2D eigenvalue weighted by atomic mass is 9.99. The van der Waals surface area contributed by atoms with Crippen LogP contribution in [0.25, 0.3) is 0 Å². The van der Waals surface area contributed by atoms with E-state index in [0.717, 1.165) is 12.1 Å². The molecule has 0 radical (unpaired) electrons. The molecule has 2 heterocycles. The van der Waals surface area contributed by atoms with E-state index in [4.69, 9.17) is 18.9 Å². The van der Waals surface area contributed by atoms with Gasteiger partial charge in [0, 0.05) is 0 Å². The number of carboxylic acids is 1. The zero-order chi connectivity index (χ0) is 25.3. The second-order valence-corrected chi connectivity index (χ2v) is 7.76. The average Bonchev–Trinajstić information content (AvgIpc) is 2.81. The summed E-state index contributed by atoms with van der Waals surface area (Å²) in [6, 6.07) is 1.64. The van der Waals surface area contributed by atoms with Crippen LogP contribution in [0.3, 0.4) is 0 Å². The Labute approximate surface area is 191 Å². The number of phenolic OH excluding ortho intramolecular Hbond substituents is 1. The van der Waals surface area contributed by atoms with E-state index >= 15 is 0 Å². The molecule has 2 aliphatic rings. The first-order chi connectivity index (χ1) is 16.0. The van der Waals surface area contributed by atoms with Crippen molar-refractivity contribution in [1.82, 2.24) is 0 Å². The van der Waals surface area contributed by atoms with Gasteiger partial charge in [-0.3, -0.25) is 0 Å². The van der Waals surface area contributed by atoms with E-state index in [9.17, 15) is 55.9 Å². The third kappa shape index (κ3) is 5.03. The highest BCUT2D eigenvalue weighted by Gasteiger charge is 2.46. The smallest absolute Gasteiger partial charge is 0.335 e. The Hall–Kier alpha value is -2.31. The molecule has 10 N–H and O–H groups in total. The fourth-order valence-electron chi connectivity index (χ4n) is 3.47. The zero-order valence-corrected chi connectivity index (χ0v) is 17.4. The van der Waals surface area contributed by atoms with Gasteiger partial charge in [0.1, 0.15) is 48.8 Å². The predicted octanol–water partition coefficient (Wildman–Crippen LogP) is -4.55. The van der Waals surface area contributed by atoms with Crippen molar-refractivity contribution in [3.63, 3.8) is 0 Å². The standard InChI is InChI=1S/C19H26O15/c20-3-8-11(23)13(25)15(27)18(33-8)31-6-1-5(17(29)30)2-7(10(6)22)32-19-16(28)14(26)12(24)9(4-21)34-19/h1-2,8-9,11-16,18-28H,3-4H2,(H,29,30)/t8-,9-,11-,12-,13+,14+,15-,16-,18?,19?/m1/s1. The number of phenols is 1. The Morgan fingerprint density at radius 2 is 1.12 bits per heavy atom.